The highest BCUT2D eigenvalue weighted by Gasteiger charge is 2.27. The molecule has 1 N–H and O–H groups in total. The summed E-state index contributed by atoms with van der Waals surface area (Å²) in [6.45, 7) is 1.64. The van der Waals surface area contributed by atoms with E-state index < -0.39 is 10.0 Å². The van der Waals surface area contributed by atoms with Gasteiger partial charge in [-0.3, -0.25) is 4.90 Å². The van der Waals surface area contributed by atoms with Gasteiger partial charge in [-0.05, 0) is 50.6 Å². The van der Waals surface area contributed by atoms with Gasteiger partial charge in [0, 0.05) is 14.1 Å². The molecule has 1 aromatic heterocycles. The number of fused-ring (bicyclic) bond motifs is 1. The van der Waals surface area contributed by atoms with Crippen molar-refractivity contribution < 1.29 is 12.8 Å². The standard InChI is InChI=1S/C17H25FN4O2S/c1-21(2)25(23,24)11-5-10-22-9-4-3-6-16(22)17-19-14-8-7-13(18)12-15(14)20-17/h7-8,12,16H,3-6,9-11H2,1-2H3,(H,19,20)/t16-/m1/s1. The van der Waals surface area contributed by atoms with Crippen LogP contribution in [0.1, 0.15) is 37.5 Å². The van der Waals surface area contributed by atoms with Gasteiger partial charge < -0.3 is 4.98 Å². The lowest BCUT2D eigenvalue weighted by molar-refractivity contribution is 0.143. The maximum Gasteiger partial charge on any atom is 0.213 e. The SMILES string of the molecule is CN(C)S(=O)(=O)CCCN1CCCC[C@@H]1c1nc2ccc(F)cc2[nH]1. The van der Waals surface area contributed by atoms with Crippen LogP contribution in [-0.4, -0.2) is 60.5 Å². The number of piperidine rings is 1. The van der Waals surface area contributed by atoms with Crippen LogP contribution < -0.4 is 0 Å². The van der Waals surface area contributed by atoms with E-state index in [0.717, 1.165) is 37.1 Å². The smallest absolute Gasteiger partial charge is 0.213 e. The van der Waals surface area contributed by atoms with Crippen molar-refractivity contribution in [2.24, 2.45) is 0 Å². The molecule has 0 bridgehead atoms. The lowest BCUT2D eigenvalue weighted by atomic mass is 10.0. The minimum absolute atomic E-state index is 0.131. The summed E-state index contributed by atoms with van der Waals surface area (Å²) in [5, 5.41) is 0. The van der Waals surface area contributed by atoms with Crippen LogP contribution in [-0.2, 0) is 10.0 Å². The summed E-state index contributed by atoms with van der Waals surface area (Å²) >= 11 is 0. The first-order valence-electron chi connectivity index (χ1n) is 8.66. The average molecular weight is 368 g/mol. The lowest BCUT2D eigenvalue weighted by Gasteiger charge is -2.34. The minimum atomic E-state index is -3.16. The highest BCUT2D eigenvalue weighted by Crippen LogP contribution is 2.30. The summed E-state index contributed by atoms with van der Waals surface area (Å²) in [6.07, 6.45) is 3.78. The topological polar surface area (TPSA) is 69.3 Å². The molecule has 0 unspecified atom stereocenters. The molecule has 25 heavy (non-hydrogen) atoms. The first kappa shape index (κ1) is 18.3. The Balaban J connectivity index is 1.71. The summed E-state index contributed by atoms with van der Waals surface area (Å²) < 4.78 is 38.5. The van der Waals surface area contributed by atoms with E-state index in [-0.39, 0.29) is 17.6 Å². The molecule has 0 spiro atoms. The summed E-state index contributed by atoms with van der Waals surface area (Å²) in [7, 11) is -0.0407. The van der Waals surface area contributed by atoms with Crippen LogP contribution in [0.5, 0.6) is 0 Å². The third-order valence-corrected chi connectivity index (χ3v) is 6.71. The third-order valence-electron chi connectivity index (χ3n) is 4.80. The van der Waals surface area contributed by atoms with Crippen molar-refractivity contribution in [3.8, 4) is 0 Å². The number of aromatic nitrogens is 2. The van der Waals surface area contributed by atoms with Crippen LogP contribution in [0.2, 0.25) is 0 Å². The zero-order valence-electron chi connectivity index (χ0n) is 14.7. The van der Waals surface area contributed by atoms with Gasteiger partial charge in [0.1, 0.15) is 11.6 Å². The molecule has 0 amide bonds. The third kappa shape index (κ3) is 4.19. The molecule has 8 heteroatoms. The molecule has 0 saturated carbocycles. The van der Waals surface area contributed by atoms with Crippen LogP contribution >= 0.6 is 0 Å². The molecule has 1 aromatic carbocycles. The molecule has 1 aliphatic heterocycles. The van der Waals surface area contributed by atoms with Crippen molar-refractivity contribution in [2.75, 3.05) is 32.9 Å². The maximum absolute atomic E-state index is 13.4. The lowest BCUT2D eigenvalue weighted by Crippen LogP contribution is -2.36. The Morgan fingerprint density at radius 3 is 2.92 bits per heavy atom. The summed E-state index contributed by atoms with van der Waals surface area (Å²) in [5.41, 5.74) is 1.47. The van der Waals surface area contributed by atoms with Crippen LogP contribution in [0.3, 0.4) is 0 Å². The molecule has 2 aromatic rings. The van der Waals surface area contributed by atoms with Gasteiger partial charge in [-0.25, -0.2) is 22.1 Å². The highest BCUT2D eigenvalue weighted by molar-refractivity contribution is 7.89. The molecule has 6 nitrogen and oxygen atoms in total. The molecular formula is C17H25FN4O2S. The number of benzene rings is 1. The first-order chi connectivity index (χ1) is 11.9. The fourth-order valence-corrected chi connectivity index (χ4v) is 4.22. The number of halogens is 1. The zero-order valence-corrected chi connectivity index (χ0v) is 15.5. The van der Waals surface area contributed by atoms with Gasteiger partial charge in [0.15, 0.2) is 0 Å². The van der Waals surface area contributed by atoms with Gasteiger partial charge in [0.25, 0.3) is 0 Å². The van der Waals surface area contributed by atoms with Gasteiger partial charge in [-0.15, -0.1) is 0 Å². The Bertz CT molecular complexity index is 834. The van der Waals surface area contributed by atoms with E-state index in [1.54, 1.807) is 20.2 Å². The van der Waals surface area contributed by atoms with Crippen molar-refractivity contribution >= 4 is 21.1 Å². The van der Waals surface area contributed by atoms with Crippen LogP contribution in [0.25, 0.3) is 11.0 Å². The fraction of sp³-hybridized carbons (Fsp3) is 0.588. The van der Waals surface area contributed by atoms with Crippen LogP contribution in [0, 0.1) is 5.82 Å². The predicted octanol–water partition coefficient (Wildman–Crippen LogP) is 2.51. The number of sulfonamides is 1. The molecule has 0 radical (unpaired) electrons. The molecule has 2 heterocycles. The van der Waals surface area contributed by atoms with Crippen molar-refractivity contribution in [1.82, 2.24) is 19.2 Å². The van der Waals surface area contributed by atoms with Crippen LogP contribution in [0.15, 0.2) is 18.2 Å². The second kappa shape index (κ2) is 7.39. The van der Waals surface area contributed by atoms with E-state index in [2.05, 4.69) is 14.9 Å². The van der Waals surface area contributed by atoms with Gasteiger partial charge in [0.2, 0.25) is 10.0 Å². The number of hydrogen-bond acceptors (Lipinski definition) is 4. The van der Waals surface area contributed by atoms with Crippen molar-refractivity contribution in [3.63, 3.8) is 0 Å². The average Bonchev–Trinajstić information content (AvgIpc) is 2.98. The largest absolute Gasteiger partial charge is 0.341 e. The second-order valence-corrected chi connectivity index (χ2v) is 9.09. The summed E-state index contributed by atoms with van der Waals surface area (Å²) in [4.78, 5) is 10.2. The molecule has 1 saturated heterocycles. The Morgan fingerprint density at radius 1 is 1.36 bits per heavy atom. The Kier molecular flexibility index (Phi) is 5.41. The molecule has 0 aliphatic carbocycles. The number of likely N-dealkylation sites (tertiary alicyclic amines) is 1. The van der Waals surface area contributed by atoms with Crippen LogP contribution in [0.4, 0.5) is 4.39 Å². The number of nitrogens with one attached hydrogen (secondary N) is 1. The monoisotopic (exact) mass is 368 g/mol. The van der Waals surface area contributed by atoms with Gasteiger partial charge in [0.05, 0.1) is 22.8 Å². The van der Waals surface area contributed by atoms with E-state index in [1.165, 1.54) is 16.4 Å². The van der Waals surface area contributed by atoms with Crippen molar-refractivity contribution in [2.45, 2.75) is 31.7 Å². The quantitative estimate of drug-likeness (QED) is 0.851. The minimum Gasteiger partial charge on any atom is -0.341 e. The highest BCUT2D eigenvalue weighted by atomic mass is 32.2. The fourth-order valence-electron chi connectivity index (χ4n) is 3.36. The number of imidazole rings is 1. The normalized spacial score (nSPS) is 19.8. The number of hydrogen-bond donors (Lipinski definition) is 1. The van der Waals surface area contributed by atoms with Gasteiger partial charge in [-0.2, -0.15) is 0 Å². The zero-order chi connectivity index (χ0) is 18.0. The number of rotatable bonds is 6. The Labute approximate surface area is 148 Å². The molecule has 3 rings (SSSR count). The van der Waals surface area contributed by atoms with E-state index in [0.29, 0.717) is 18.5 Å². The summed E-state index contributed by atoms with van der Waals surface area (Å²) in [5.74, 6) is 0.710. The van der Waals surface area contributed by atoms with E-state index >= 15 is 0 Å². The van der Waals surface area contributed by atoms with Gasteiger partial charge in [-0.1, -0.05) is 6.42 Å². The second-order valence-electron chi connectivity index (χ2n) is 6.78. The molecular weight excluding hydrogens is 343 g/mol. The summed E-state index contributed by atoms with van der Waals surface area (Å²) in [6, 6.07) is 4.69. The van der Waals surface area contributed by atoms with Crippen molar-refractivity contribution in [3.05, 3.63) is 29.8 Å². The number of H-pyrrole nitrogens is 1. The van der Waals surface area contributed by atoms with Gasteiger partial charge >= 0.3 is 0 Å². The molecule has 1 atom stereocenters. The molecule has 138 valence electrons. The molecule has 1 aliphatic rings. The van der Waals surface area contributed by atoms with E-state index in [1.807, 2.05) is 0 Å². The maximum atomic E-state index is 13.4. The Hall–Kier alpha value is -1.51. The van der Waals surface area contributed by atoms with E-state index in [9.17, 15) is 12.8 Å². The first-order valence-corrected chi connectivity index (χ1v) is 10.3. The number of aromatic amines is 1. The number of nitrogens with zero attached hydrogens (tertiary/aromatic N) is 3. The molecule has 1 fully saturated rings. The predicted molar refractivity (Wildman–Crippen MR) is 96.3 cm³/mol. The van der Waals surface area contributed by atoms with E-state index in [4.69, 9.17) is 0 Å². The Morgan fingerprint density at radius 2 is 2.16 bits per heavy atom. The van der Waals surface area contributed by atoms with Crippen molar-refractivity contribution in [1.29, 1.82) is 0 Å².